The minimum absolute atomic E-state index is 0.0381. The van der Waals surface area contributed by atoms with E-state index in [1.807, 2.05) is 78.9 Å². The van der Waals surface area contributed by atoms with Gasteiger partial charge < -0.3 is 19.5 Å². The zero-order chi connectivity index (χ0) is 28.6. The van der Waals surface area contributed by atoms with Gasteiger partial charge in [0, 0.05) is 24.0 Å². The van der Waals surface area contributed by atoms with Crippen LogP contribution in [0.25, 0.3) is 21.7 Å². The molecular weight excluding hydrogens is 536 g/mol. The first-order chi connectivity index (χ1) is 20.0. The van der Waals surface area contributed by atoms with Gasteiger partial charge in [-0.1, -0.05) is 29.5 Å². The van der Waals surface area contributed by atoms with Crippen LogP contribution in [0.15, 0.2) is 103 Å². The normalized spacial score (nSPS) is 10.6. The zero-order valence-electron chi connectivity index (χ0n) is 22.6. The molecular formula is C33H28N2O5S. The van der Waals surface area contributed by atoms with Gasteiger partial charge in [0.05, 0.1) is 24.8 Å². The second-order valence-corrected chi connectivity index (χ2v) is 10.1. The van der Waals surface area contributed by atoms with Crippen molar-refractivity contribution in [2.75, 3.05) is 19.5 Å². The Hall–Kier alpha value is -4.95. The Kier molecular flexibility index (Phi) is 8.71. The van der Waals surface area contributed by atoms with E-state index >= 15 is 0 Å². The van der Waals surface area contributed by atoms with Gasteiger partial charge in [0.25, 0.3) is 0 Å². The van der Waals surface area contributed by atoms with E-state index in [4.69, 9.17) is 19.2 Å². The molecule has 0 fully saturated rings. The highest BCUT2D eigenvalue weighted by molar-refractivity contribution is 7.19. The summed E-state index contributed by atoms with van der Waals surface area (Å²) in [6.45, 7) is 0. The van der Waals surface area contributed by atoms with Crippen molar-refractivity contribution < 1.29 is 23.8 Å². The summed E-state index contributed by atoms with van der Waals surface area (Å²) >= 11 is 1.38. The fraction of sp³-hybridized carbons (Fsp3) is 0.121. The van der Waals surface area contributed by atoms with E-state index < -0.39 is 0 Å². The fourth-order valence-corrected chi connectivity index (χ4v) is 5.15. The van der Waals surface area contributed by atoms with Crippen LogP contribution in [0.3, 0.4) is 0 Å². The maximum atomic E-state index is 12.8. The Morgan fingerprint density at radius 2 is 1.24 bits per heavy atom. The van der Waals surface area contributed by atoms with Gasteiger partial charge in [-0.15, -0.1) is 0 Å². The lowest BCUT2D eigenvalue weighted by Crippen LogP contribution is -2.13. The van der Waals surface area contributed by atoms with Gasteiger partial charge >= 0.3 is 0 Å². The molecule has 0 radical (unpaired) electrons. The number of hydrogen-bond donors (Lipinski definition) is 1. The number of hydrogen-bond acceptors (Lipinski definition) is 7. The fourth-order valence-electron chi connectivity index (χ4n) is 4.14. The lowest BCUT2D eigenvalue weighted by atomic mass is 10.1. The third kappa shape index (κ3) is 6.98. The molecule has 0 saturated heterocycles. The minimum atomic E-state index is -0.279. The van der Waals surface area contributed by atoms with Gasteiger partial charge in [0.15, 0.2) is 10.9 Å². The van der Waals surface area contributed by atoms with Crippen molar-refractivity contribution in [3.63, 3.8) is 0 Å². The molecule has 0 aliphatic carbocycles. The van der Waals surface area contributed by atoms with Crippen LogP contribution < -0.4 is 19.5 Å². The number of carbonyl (C=O) groups excluding carboxylic acids is 2. The quantitative estimate of drug-likeness (QED) is 0.164. The monoisotopic (exact) mass is 564 g/mol. The second-order valence-electron chi connectivity index (χ2n) is 9.06. The number of para-hydroxylation sites is 1. The predicted octanol–water partition coefficient (Wildman–Crippen LogP) is 7.89. The molecule has 0 saturated carbocycles. The summed E-state index contributed by atoms with van der Waals surface area (Å²) in [6, 6.07) is 31.6. The summed E-state index contributed by atoms with van der Waals surface area (Å²) in [4.78, 5) is 31.2. The van der Waals surface area contributed by atoms with Crippen LogP contribution in [0.4, 0.5) is 5.13 Å². The van der Waals surface area contributed by atoms with E-state index in [1.54, 1.807) is 38.5 Å². The number of nitrogens with zero attached hydrogens (tertiary/aromatic N) is 1. The average Bonchev–Trinajstić information content (AvgIpc) is 3.44. The van der Waals surface area contributed by atoms with Gasteiger partial charge in [0.2, 0.25) is 5.91 Å². The predicted molar refractivity (Wildman–Crippen MR) is 161 cm³/mol. The Morgan fingerprint density at radius 3 is 1.85 bits per heavy atom. The molecule has 206 valence electrons. The van der Waals surface area contributed by atoms with Crippen LogP contribution >= 0.6 is 11.3 Å². The third-order valence-electron chi connectivity index (χ3n) is 6.32. The molecule has 0 spiro atoms. The molecule has 4 aromatic carbocycles. The Bertz CT molecular complexity index is 1550. The van der Waals surface area contributed by atoms with Crippen LogP contribution in [-0.4, -0.2) is 30.9 Å². The first-order valence-corrected chi connectivity index (χ1v) is 13.8. The number of ether oxygens (including phenoxy) is 3. The maximum Gasteiger partial charge on any atom is 0.226 e. The number of amides is 1. The number of ketones is 1. The molecule has 1 amide bonds. The molecule has 0 aliphatic rings. The Labute approximate surface area is 242 Å². The molecule has 0 bridgehead atoms. The molecule has 5 aromatic rings. The molecule has 0 atom stereocenters. The number of thiazole rings is 1. The molecule has 41 heavy (non-hydrogen) atoms. The number of carbonyl (C=O) groups is 2. The number of benzene rings is 4. The van der Waals surface area contributed by atoms with Gasteiger partial charge in [-0.2, -0.15) is 0 Å². The number of anilines is 1. The summed E-state index contributed by atoms with van der Waals surface area (Å²) in [6.07, 6.45) is 0.114. The summed E-state index contributed by atoms with van der Waals surface area (Å²) < 4.78 is 16.4. The summed E-state index contributed by atoms with van der Waals surface area (Å²) in [7, 11) is 3.24. The molecule has 5 rings (SSSR count). The van der Waals surface area contributed by atoms with E-state index in [0.29, 0.717) is 16.4 Å². The third-order valence-corrected chi connectivity index (χ3v) is 7.34. The molecule has 0 aliphatic heterocycles. The number of Topliss-reactive ketones (excluding diaryl/α,β-unsaturated/α-hetero) is 1. The summed E-state index contributed by atoms with van der Waals surface area (Å²) in [5.41, 5.74) is 3.11. The Morgan fingerprint density at radius 1 is 0.683 bits per heavy atom. The summed E-state index contributed by atoms with van der Waals surface area (Å²) in [5, 5.41) is 3.34. The van der Waals surface area contributed by atoms with E-state index in [0.717, 1.165) is 38.9 Å². The minimum Gasteiger partial charge on any atom is -0.497 e. The molecule has 8 heteroatoms. The Balaban J connectivity index is 1.25. The highest BCUT2D eigenvalue weighted by Crippen LogP contribution is 2.40. The number of rotatable bonds is 11. The lowest BCUT2D eigenvalue weighted by molar-refractivity contribution is -0.116. The van der Waals surface area contributed by atoms with E-state index in [2.05, 4.69) is 5.32 Å². The van der Waals surface area contributed by atoms with Crippen molar-refractivity contribution in [2.24, 2.45) is 0 Å². The second kappa shape index (κ2) is 12.9. The van der Waals surface area contributed by atoms with Crippen LogP contribution in [0.2, 0.25) is 0 Å². The van der Waals surface area contributed by atoms with E-state index in [-0.39, 0.29) is 24.5 Å². The van der Waals surface area contributed by atoms with Crippen molar-refractivity contribution >= 4 is 28.2 Å². The van der Waals surface area contributed by atoms with Crippen molar-refractivity contribution in [2.45, 2.75) is 12.8 Å². The first kappa shape index (κ1) is 27.6. The maximum absolute atomic E-state index is 12.8. The SMILES string of the molecule is COc1ccc(-c2nc(NC(=O)CCC(=O)c3ccc(Oc4ccccc4)cc3)sc2-c2ccc(OC)cc2)cc1. The highest BCUT2D eigenvalue weighted by atomic mass is 32.1. The smallest absolute Gasteiger partial charge is 0.226 e. The highest BCUT2D eigenvalue weighted by Gasteiger charge is 2.18. The molecule has 0 unspecified atom stereocenters. The van der Waals surface area contributed by atoms with Crippen LogP contribution in [0.1, 0.15) is 23.2 Å². The molecule has 1 heterocycles. The summed E-state index contributed by atoms with van der Waals surface area (Å²) in [5.74, 6) is 2.44. The van der Waals surface area contributed by atoms with Crippen LogP contribution in [0, 0.1) is 0 Å². The van der Waals surface area contributed by atoms with E-state index in [1.165, 1.54) is 11.3 Å². The van der Waals surface area contributed by atoms with Gasteiger partial charge in [-0.25, -0.2) is 4.98 Å². The van der Waals surface area contributed by atoms with Crippen LogP contribution in [0.5, 0.6) is 23.0 Å². The van der Waals surface area contributed by atoms with Gasteiger partial charge in [-0.3, -0.25) is 9.59 Å². The number of nitrogens with one attached hydrogen (secondary N) is 1. The first-order valence-electron chi connectivity index (χ1n) is 13.0. The molecule has 1 aromatic heterocycles. The van der Waals surface area contributed by atoms with Crippen molar-refractivity contribution in [1.29, 1.82) is 0 Å². The topological polar surface area (TPSA) is 86.8 Å². The largest absolute Gasteiger partial charge is 0.497 e. The molecule has 7 nitrogen and oxygen atoms in total. The van der Waals surface area contributed by atoms with Gasteiger partial charge in [0.1, 0.15) is 23.0 Å². The number of methoxy groups -OCH3 is 2. The van der Waals surface area contributed by atoms with Crippen molar-refractivity contribution in [3.05, 3.63) is 109 Å². The number of aromatic nitrogens is 1. The van der Waals surface area contributed by atoms with Crippen LogP contribution in [-0.2, 0) is 4.79 Å². The van der Waals surface area contributed by atoms with Crippen molar-refractivity contribution in [1.82, 2.24) is 4.98 Å². The lowest BCUT2D eigenvalue weighted by Gasteiger charge is -2.06. The average molecular weight is 565 g/mol. The molecule has 1 N–H and O–H groups in total. The standard InChI is InChI=1S/C33H28N2O5S/c1-38-25-14-10-23(11-15-25)31-32(24-12-16-26(39-2)17-13-24)41-33(35-31)34-30(37)21-20-29(36)22-8-18-28(19-9-22)40-27-6-4-3-5-7-27/h3-19H,20-21H2,1-2H3,(H,34,35,37). The van der Waals surface area contributed by atoms with E-state index in [9.17, 15) is 9.59 Å². The van der Waals surface area contributed by atoms with Gasteiger partial charge in [-0.05, 0) is 90.5 Å². The zero-order valence-corrected chi connectivity index (χ0v) is 23.4. The van der Waals surface area contributed by atoms with Crippen molar-refractivity contribution in [3.8, 4) is 44.7 Å².